The van der Waals surface area contributed by atoms with Crippen molar-refractivity contribution in [3.8, 4) is 0 Å². The first-order valence-electron chi connectivity index (χ1n) is 6.54. The van der Waals surface area contributed by atoms with E-state index in [0.29, 0.717) is 22.5 Å². The van der Waals surface area contributed by atoms with Gasteiger partial charge in [0.05, 0.1) is 9.92 Å². The molecule has 4 nitrogen and oxygen atoms in total. The van der Waals surface area contributed by atoms with Crippen LogP contribution in [0.5, 0.6) is 0 Å². The van der Waals surface area contributed by atoms with Crippen LogP contribution in [0.15, 0.2) is 27.6 Å². The highest BCUT2D eigenvalue weighted by Gasteiger charge is 2.33. The predicted molar refractivity (Wildman–Crippen MR) is 82.4 cm³/mol. The molecule has 0 radical (unpaired) electrons. The molecular weight excluding hydrogens is 366 g/mol. The minimum atomic E-state index is -3.54. The van der Waals surface area contributed by atoms with Crippen molar-refractivity contribution in [3.05, 3.63) is 27.7 Å². The molecule has 1 fully saturated rings. The maximum atomic E-state index is 12.7. The van der Waals surface area contributed by atoms with Crippen molar-refractivity contribution < 1.29 is 13.5 Å². The second kappa shape index (κ2) is 6.75. The van der Waals surface area contributed by atoms with Crippen molar-refractivity contribution in [2.24, 2.45) is 0 Å². The third-order valence-corrected chi connectivity index (χ3v) is 6.69. The molecule has 1 aromatic carbocycles. The lowest BCUT2D eigenvalue weighted by Gasteiger charge is -2.34. The van der Waals surface area contributed by atoms with E-state index in [2.05, 4.69) is 15.9 Å². The van der Waals surface area contributed by atoms with Gasteiger partial charge in [0.1, 0.15) is 0 Å². The molecule has 0 aliphatic carbocycles. The number of halogens is 2. The van der Waals surface area contributed by atoms with E-state index >= 15 is 0 Å². The fourth-order valence-electron chi connectivity index (χ4n) is 2.50. The lowest BCUT2D eigenvalue weighted by atomic mass is 10.0. The monoisotopic (exact) mass is 381 g/mol. The van der Waals surface area contributed by atoms with Gasteiger partial charge in [-0.15, -0.1) is 0 Å². The van der Waals surface area contributed by atoms with Crippen LogP contribution in [0.1, 0.15) is 25.7 Å². The van der Waals surface area contributed by atoms with E-state index in [9.17, 15) is 8.42 Å². The van der Waals surface area contributed by atoms with Crippen LogP contribution in [0.3, 0.4) is 0 Å². The summed E-state index contributed by atoms with van der Waals surface area (Å²) in [6.45, 7) is 0.508. The van der Waals surface area contributed by atoms with E-state index in [0.717, 1.165) is 19.3 Å². The Hall–Kier alpha value is -0.140. The zero-order valence-electron chi connectivity index (χ0n) is 10.9. The quantitative estimate of drug-likeness (QED) is 0.871. The molecule has 7 heteroatoms. The smallest absolute Gasteiger partial charge is 0.243 e. The molecule has 20 heavy (non-hydrogen) atoms. The van der Waals surface area contributed by atoms with Gasteiger partial charge in [0.2, 0.25) is 10.0 Å². The van der Waals surface area contributed by atoms with E-state index in [1.807, 2.05) is 0 Å². The zero-order chi connectivity index (χ0) is 14.8. The van der Waals surface area contributed by atoms with E-state index < -0.39 is 10.0 Å². The number of nitrogens with zero attached hydrogens (tertiary/aromatic N) is 1. The largest absolute Gasteiger partial charge is 0.396 e. The molecule has 1 N–H and O–H groups in total. The van der Waals surface area contributed by atoms with Gasteiger partial charge >= 0.3 is 0 Å². The summed E-state index contributed by atoms with van der Waals surface area (Å²) in [6, 6.07) is 4.51. The Morgan fingerprint density at radius 3 is 2.80 bits per heavy atom. The molecule has 112 valence electrons. The van der Waals surface area contributed by atoms with Gasteiger partial charge in [-0.2, -0.15) is 4.31 Å². The fraction of sp³-hybridized carbons (Fsp3) is 0.538. The van der Waals surface area contributed by atoms with E-state index in [1.54, 1.807) is 6.07 Å². The van der Waals surface area contributed by atoms with Crippen molar-refractivity contribution in [2.75, 3.05) is 13.2 Å². The van der Waals surface area contributed by atoms with Gasteiger partial charge in [-0.25, -0.2) is 8.42 Å². The SMILES string of the molecule is O=S(=O)(c1ccc(Cl)c(Br)c1)N1CCCCC1CCO. The van der Waals surface area contributed by atoms with Crippen LogP contribution >= 0.6 is 27.5 Å². The predicted octanol–water partition coefficient (Wildman–Crippen LogP) is 3.03. The molecule has 1 heterocycles. The molecule has 1 aromatic rings. The third kappa shape index (κ3) is 3.36. The van der Waals surface area contributed by atoms with Crippen LogP contribution in [0.25, 0.3) is 0 Å². The highest BCUT2D eigenvalue weighted by Crippen LogP contribution is 2.30. The summed E-state index contributed by atoms with van der Waals surface area (Å²) in [6.07, 6.45) is 3.14. The molecule has 1 aliphatic rings. The second-order valence-corrected chi connectivity index (χ2v) is 8.01. The van der Waals surface area contributed by atoms with Crippen LogP contribution in [0.4, 0.5) is 0 Å². The molecule has 0 amide bonds. The Kier molecular flexibility index (Phi) is 5.48. The average Bonchev–Trinajstić information content (AvgIpc) is 2.42. The Labute approximate surface area is 132 Å². The number of aliphatic hydroxyl groups excluding tert-OH is 1. The zero-order valence-corrected chi connectivity index (χ0v) is 14.1. The maximum absolute atomic E-state index is 12.7. The second-order valence-electron chi connectivity index (χ2n) is 4.85. The summed E-state index contributed by atoms with van der Waals surface area (Å²) in [5.41, 5.74) is 0. The molecule has 1 aliphatic heterocycles. The van der Waals surface area contributed by atoms with Crippen molar-refractivity contribution in [2.45, 2.75) is 36.6 Å². The number of piperidine rings is 1. The van der Waals surface area contributed by atoms with E-state index in [1.165, 1.54) is 16.4 Å². The Balaban J connectivity index is 2.34. The molecule has 0 spiro atoms. The summed E-state index contributed by atoms with van der Waals surface area (Å²) in [7, 11) is -3.54. The molecule has 0 aromatic heterocycles. The van der Waals surface area contributed by atoms with Crippen LogP contribution in [-0.2, 0) is 10.0 Å². The normalized spacial score (nSPS) is 21.1. The number of hydrogen-bond acceptors (Lipinski definition) is 3. The van der Waals surface area contributed by atoms with Crippen molar-refractivity contribution in [3.63, 3.8) is 0 Å². The minimum Gasteiger partial charge on any atom is -0.396 e. The number of hydrogen-bond donors (Lipinski definition) is 1. The third-order valence-electron chi connectivity index (χ3n) is 3.53. The summed E-state index contributed by atoms with van der Waals surface area (Å²) in [5.74, 6) is 0. The summed E-state index contributed by atoms with van der Waals surface area (Å²) in [5, 5.41) is 9.59. The van der Waals surface area contributed by atoms with Crippen molar-refractivity contribution in [1.82, 2.24) is 4.31 Å². The average molecular weight is 383 g/mol. The first kappa shape index (κ1) is 16.2. The standard InChI is InChI=1S/C13H17BrClNO3S/c14-12-9-11(4-5-13(12)15)20(18,19)16-7-2-1-3-10(16)6-8-17/h4-5,9-10,17H,1-3,6-8H2. The number of benzene rings is 1. The van der Waals surface area contributed by atoms with Gasteiger partial charge in [-0.1, -0.05) is 18.0 Å². The van der Waals surface area contributed by atoms with Crippen molar-refractivity contribution >= 4 is 37.6 Å². The van der Waals surface area contributed by atoms with E-state index in [-0.39, 0.29) is 17.5 Å². The summed E-state index contributed by atoms with van der Waals surface area (Å²) >= 11 is 9.16. The Morgan fingerprint density at radius 1 is 1.40 bits per heavy atom. The van der Waals surface area contributed by atoms with Crippen LogP contribution < -0.4 is 0 Å². The molecular formula is C13H17BrClNO3S. The summed E-state index contributed by atoms with van der Waals surface area (Å²) < 4.78 is 27.5. The minimum absolute atomic E-state index is 0.000991. The lowest BCUT2D eigenvalue weighted by molar-refractivity contribution is 0.192. The molecule has 0 saturated carbocycles. The first-order valence-corrected chi connectivity index (χ1v) is 9.15. The summed E-state index contributed by atoms with van der Waals surface area (Å²) in [4.78, 5) is 0.235. The van der Waals surface area contributed by atoms with Gasteiger partial charge in [0, 0.05) is 23.7 Å². The van der Waals surface area contributed by atoms with Crippen molar-refractivity contribution in [1.29, 1.82) is 0 Å². The number of aliphatic hydroxyl groups is 1. The molecule has 1 unspecified atom stereocenters. The lowest BCUT2D eigenvalue weighted by Crippen LogP contribution is -2.44. The van der Waals surface area contributed by atoms with Gasteiger partial charge in [-0.3, -0.25) is 0 Å². The number of rotatable bonds is 4. The Bertz CT molecular complexity index is 577. The highest BCUT2D eigenvalue weighted by atomic mass is 79.9. The first-order chi connectivity index (χ1) is 9.46. The molecule has 1 saturated heterocycles. The topological polar surface area (TPSA) is 57.6 Å². The van der Waals surface area contributed by atoms with Gasteiger partial charge < -0.3 is 5.11 Å². The van der Waals surface area contributed by atoms with Crippen LogP contribution in [0, 0.1) is 0 Å². The van der Waals surface area contributed by atoms with E-state index in [4.69, 9.17) is 16.7 Å². The van der Waals surface area contributed by atoms with Crippen LogP contribution in [0.2, 0.25) is 5.02 Å². The molecule has 2 rings (SSSR count). The van der Waals surface area contributed by atoms with Gasteiger partial charge in [0.15, 0.2) is 0 Å². The maximum Gasteiger partial charge on any atom is 0.243 e. The fourth-order valence-corrected chi connectivity index (χ4v) is 4.90. The highest BCUT2D eigenvalue weighted by molar-refractivity contribution is 9.10. The van der Waals surface area contributed by atoms with Gasteiger partial charge in [0.25, 0.3) is 0 Å². The molecule has 1 atom stereocenters. The van der Waals surface area contributed by atoms with Crippen LogP contribution in [-0.4, -0.2) is 37.0 Å². The Morgan fingerprint density at radius 2 is 2.15 bits per heavy atom. The molecule has 0 bridgehead atoms. The van der Waals surface area contributed by atoms with Gasteiger partial charge in [-0.05, 0) is 53.4 Å². The number of sulfonamides is 1.